The highest BCUT2D eigenvalue weighted by atomic mass is 32.1. The molecule has 5 heterocycles. The minimum atomic E-state index is -1.41. The van der Waals surface area contributed by atoms with Gasteiger partial charge in [-0.05, 0) is 73.2 Å². The van der Waals surface area contributed by atoms with Crippen LogP contribution >= 0.6 is 11.3 Å². The summed E-state index contributed by atoms with van der Waals surface area (Å²) in [5, 5.41) is 14.4. The number of nitrogens with one attached hydrogen (secondary N) is 1. The van der Waals surface area contributed by atoms with Crippen LogP contribution in [0.1, 0.15) is 79.5 Å². The average molecular weight is 797 g/mol. The molecule has 1 amide bonds. The molecule has 13 atom stereocenters. The van der Waals surface area contributed by atoms with Crippen molar-refractivity contribution in [2.24, 2.45) is 23.7 Å². The Bertz CT molecular complexity index is 1800. The third-order valence-electron chi connectivity index (χ3n) is 11.6. The van der Waals surface area contributed by atoms with Gasteiger partial charge in [0, 0.05) is 36.2 Å². The summed E-state index contributed by atoms with van der Waals surface area (Å²) in [4.78, 5) is 67.4. The van der Waals surface area contributed by atoms with Crippen molar-refractivity contribution in [3.05, 3.63) is 35.6 Å². The lowest BCUT2D eigenvalue weighted by molar-refractivity contribution is -0.296. The second-order valence-electron chi connectivity index (χ2n) is 16.0. The SMILES string of the molecule is CC[C@H]1OC(=O)[C@H](C)C(=O)[C@H](C)[C@@H](O[C@@H]2O[C@H](C)C[C@H](N(C)C)[C@H]2O)[C@](C)(OCC#Cc2ccc(-c3cnccn3)s2)C[C@@H](C)C(=O)[C@H](C)[C@H]2NC(=O)O[C@@]21C. The predicted molar refractivity (Wildman–Crippen MR) is 207 cm³/mol. The molecule has 0 spiro atoms. The molecule has 0 aromatic carbocycles. The summed E-state index contributed by atoms with van der Waals surface area (Å²) in [7, 11) is 3.72. The number of aliphatic hydroxyl groups is 1. The van der Waals surface area contributed by atoms with Gasteiger partial charge < -0.3 is 39.0 Å². The van der Waals surface area contributed by atoms with Crippen molar-refractivity contribution in [2.75, 3.05) is 20.7 Å². The quantitative estimate of drug-likeness (QED) is 0.229. The Kier molecular flexibility index (Phi) is 13.8. The van der Waals surface area contributed by atoms with E-state index in [-0.39, 0.29) is 37.4 Å². The maximum atomic E-state index is 14.4. The number of esters is 1. The number of Topliss-reactive ketones (excluding diaryl/α,β-unsaturated/α-hetero) is 2. The summed E-state index contributed by atoms with van der Waals surface area (Å²) in [5.41, 5.74) is -2.07. The zero-order valence-corrected chi connectivity index (χ0v) is 34.8. The molecule has 0 aliphatic carbocycles. The molecule has 3 fully saturated rings. The van der Waals surface area contributed by atoms with Gasteiger partial charge in [0.05, 0.1) is 45.5 Å². The number of alkyl carbamates (subject to hydrolysis) is 1. The Morgan fingerprint density at radius 3 is 2.45 bits per heavy atom. The molecule has 2 aromatic heterocycles. The van der Waals surface area contributed by atoms with Gasteiger partial charge in [0.25, 0.3) is 0 Å². The van der Waals surface area contributed by atoms with Gasteiger partial charge in [-0.25, -0.2) is 4.79 Å². The van der Waals surface area contributed by atoms with Crippen LogP contribution in [0.2, 0.25) is 0 Å². The average Bonchev–Trinajstić information content (AvgIpc) is 3.77. The predicted octanol–water partition coefficient (Wildman–Crippen LogP) is 4.42. The number of fused-ring (bicyclic) bond motifs is 1. The van der Waals surface area contributed by atoms with E-state index in [1.165, 1.54) is 18.3 Å². The summed E-state index contributed by atoms with van der Waals surface area (Å²) >= 11 is 1.45. The van der Waals surface area contributed by atoms with Crippen molar-refractivity contribution < 1.29 is 48.0 Å². The zero-order chi connectivity index (χ0) is 41.1. The van der Waals surface area contributed by atoms with Crippen molar-refractivity contribution in [3.8, 4) is 22.4 Å². The second-order valence-corrected chi connectivity index (χ2v) is 17.1. The first-order chi connectivity index (χ1) is 26.4. The molecule has 56 heavy (non-hydrogen) atoms. The molecule has 0 radical (unpaired) electrons. The highest BCUT2D eigenvalue weighted by Crippen LogP contribution is 2.40. The lowest BCUT2D eigenvalue weighted by Gasteiger charge is -2.47. The Balaban J connectivity index is 1.55. The number of amides is 1. The number of ether oxygens (including phenoxy) is 5. The number of cyclic esters (lactones) is 1. The molecule has 306 valence electrons. The van der Waals surface area contributed by atoms with Crippen LogP contribution in [0.25, 0.3) is 10.6 Å². The Hall–Kier alpha value is -3.78. The molecule has 0 bridgehead atoms. The lowest BCUT2D eigenvalue weighted by Crippen LogP contribution is -2.60. The van der Waals surface area contributed by atoms with Gasteiger partial charge >= 0.3 is 12.1 Å². The number of thiophene rings is 1. The molecule has 3 aliphatic rings. The summed E-state index contributed by atoms with van der Waals surface area (Å²) in [6.07, 6.45) is 0.380. The van der Waals surface area contributed by atoms with Crippen LogP contribution in [-0.4, -0.2) is 118 Å². The highest BCUT2D eigenvalue weighted by Gasteiger charge is 2.57. The van der Waals surface area contributed by atoms with Gasteiger partial charge in [0.1, 0.15) is 30.5 Å². The molecular weight excluding hydrogens is 741 g/mol. The fourth-order valence-corrected chi connectivity index (χ4v) is 9.26. The third-order valence-corrected chi connectivity index (χ3v) is 12.6. The van der Waals surface area contributed by atoms with E-state index in [1.54, 1.807) is 60.1 Å². The number of ketones is 2. The number of carbonyl (C=O) groups is 4. The second kappa shape index (κ2) is 17.8. The number of nitrogens with zero attached hydrogens (tertiary/aromatic N) is 3. The summed E-state index contributed by atoms with van der Waals surface area (Å²) < 4.78 is 31.2. The largest absolute Gasteiger partial charge is 0.458 e. The van der Waals surface area contributed by atoms with Gasteiger partial charge in [-0.3, -0.25) is 24.4 Å². The van der Waals surface area contributed by atoms with E-state index in [1.807, 2.05) is 38.1 Å². The zero-order valence-electron chi connectivity index (χ0n) is 33.9. The molecule has 0 saturated carbocycles. The van der Waals surface area contributed by atoms with Crippen molar-refractivity contribution >= 4 is 35.0 Å². The number of aliphatic hydroxyl groups excluding tert-OH is 1. The Morgan fingerprint density at radius 2 is 1.79 bits per heavy atom. The van der Waals surface area contributed by atoms with E-state index in [2.05, 4.69) is 27.1 Å². The van der Waals surface area contributed by atoms with E-state index in [0.29, 0.717) is 6.42 Å². The van der Waals surface area contributed by atoms with E-state index in [0.717, 1.165) is 15.4 Å². The van der Waals surface area contributed by atoms with Crippen LogP contribution < -0.4 is 5.32 Å². The highest BCUT2D eigenvalue weighted by molar-refractivity contribution is 7.16. The van der Waals surface area contributed by atoms with Crippen molar-refractivity contribution in [2.45, 2.75) is 129 Å². The standard InChI is InChI=1S/C41H56N4O10S/c1-11-31-41(8)35(44-39(50)55-41)24(4)32(46)22(2)20-40(7,51-18-12-13-27-14-15-30(56-27)28-21-42-16-17-43-28)36(25(5)33(47)26(6)37(49)53-31)54-38-34(48)29(45(9)10)19-23(3)52-38/h14-17,21-26,29,31,34-36,38,48H,11,18-20H2,1-10H3,(H,44,50)/t22-,23-,24+,25+,26-,29+,31-,34-,35-,36-,38+,40-,41-/m1/s1. The lowest BCUT2D eigenvalue weighted by atomic mass is 9.73. The molecule has 15 heteroatoms. The van der Waals surface area contributed by atoms with Crippen molar-refractivity contribution in [1.29, 1.82) is 0 Å². The summed E-state index contributed by atoms with van der Waals surface area (Å²) in [6.45, 7) is 13.5. The number of carbonyl (C=O) groups excluding carboxylic acids is 4. The fourth-order valence-electron chi connectivity index (χ4n) is 8.42. The number of hydrogen-bond acceptors (Lipinski definition) is 14. The van der Waals surface area contributed by atoms with Crippen LogP contribution in [0, 0.1) is 35.5 Å². The van der Waals surface area contributed by atoms with Gasteiger partial charge in [-0.1, -0.05) is 39.5 Å². The molecule has 2 N–H and O–H groups in total. The van der Waals surface area contributed by atoms with Crippen LogP contribution in [0.5, 0.6) is 0 Å². The minimum absolute atomic E-state index is 0.0553. The maximum Gasteiger partial charge on any atom is 0.408 e. The van der Waals surface area contributed by atoms with E-state index in [4.69, 9.17) is 23.7 Å². The smallest absolute Gasteiger partial charge is 0.408 e. The number of aromatic nitrogens is 2. The van der Waals surface area contributed by atoms with Crippen molar-refractivity contribution in [1.82, 2.24) is 20.2 Å². The monoisotopic (exact) mass is 796 g/mol. The van der Waals surface area contributed by atoms with E-state index < -0.39 is 83.4 Å². The molecule has 0 unspecified atom stereocenters. The molecule has 2 aromatic rings. The molecule has 3 aliphatic heterocycles. The fraction of sp³-hybridized carbons (Fsp3) is 0.659. The van der Waals surface area contributed by atoms with Gasteiger partial charge in [-0.2, -0.15) is 0 Å². The third kappa shape index (κ3) is 9.16. The van der Waals surface area contributed by atoms with E-state index >= 15 is 0 Å². The van der Waals surface area contributed by atoms with Gasteiger partial charge in [0.2, 0.25) is 0 Å². The van der Waals surface area contributed by atoms with E-state index in [9.17, 15) is 24.3 Å². The number of rotatable bonds is 7. The first kappa shape index (κ1) is 43.3. The topological polar surface area (TPSA) is 176 Å². The van der Waals surface area contributed by atoms with Crippen molar-refractivity contribution in [3.63, 3.8) is 0 Å². The van der Waals surface area contributed by atoms with Gasteiger partial charge in [-0.15, -0.1) is 11.3 Å². The first-order valence-corrected chi connectivity index (χ1v) is 20.1. The summed E-state index contributed by atoms with van der Waals surface area (Å²) in [5.74, 6) is 0.968. The van der Waals surface area contributed by atoms with Gasteiger partial charge in [0.15, 0.2) is 17.7 Å². The molecule has 14 nitrogen and oxygen atoms in total. The summed E-state index contributed by atoms with van der Waals surface area (Å²) in [6, 6.07) is 2.64. The van der Waals surface area contributed by atoms with Crippen LogP contribution in [-0.2, 0) is 38.1 Å². The Morgan fingerprint density at radius 1 is 1.05 bits per heavy atom. The Labute approximate surface area is 333 Å². The first-order valence-electron chi connectivity index (χ1n) is 19.3. The van der Waals surface area contributed by atoms with Crippen LogP contribution in [0.4, 0.5) is 4.79 Å². The van der Waals surface area contributed by atoms with Crippen LogP contribution in [0.15, 0.2) is 30.7 Å². The maximum absolute atomic E-state index is 14.4. The number of hydrogen-bond donors (Lipinski definition) is 2. The minimum Gasteiger partial charge on any atom is -0.458 e. The normalized spacial score (nSPS) is 37.1. The molecular formula is C41H56N4O10S. The molecule has 5 rings (SSSR count). The molecule has 3 saturated heterocycles. The number of likely N-dealkylation sites (N-methyl/N-ethyl adjacent to an activating group) is 1. The van der Waals surface area contributed by atoms with Crippen LogP contribution in [0.3, 0.4) is 0 Å².